The maximum atomic E-state index is 11.7. The Hall–Kier alpha value is -0.790. The predicted octanol–water partition coefficient (Wildman–Crippen LogP) is 6.44. The van der Waals surface area contributed by atoms with Crippen LogP contribution in [0.15, 0.2) is 12.7 Å². The van der Waals surface area contributed by atoms with Crippen LogP contribution in [0.2, 0.25) is 0 Å². The van der Waals surface area contributed by atoms with E-state index in [4.69, 9.17) is 4.74 Å². The van der Waals surface area contributed by atoms with Crippen LogP contribution in [-0.4, -0.2) is 12.1 Å². The van der Waals surface area contributed by atoms with Crippen LogP contribution in [0.5, 0.6) is 0 Å². The van der Waals surface area contributed by atoms with E-state index in [1.54, 1.807) is 6.08 Å². The molecule has 2 aliphatic rings. The van der Waals surface area contributed by atoms with Gasteiger partial charge in [0.25, 0.3) is 0 Å². The van der Waals surface area contributed by atoms with E-state index in [0.29, 0.717) is 6.42 Å². The normalized spacial score (nSPS) is 30.7. The van der Waals surface area contributed by atoms with Gasteiger partial charge in [-0.15, -0.1) is 6.58 Å². The zero-order valence-corrected chi connectivity index (χ0v) is 15.8. The first-order valence-electron chi connectivity index (χ1n) is 10.5. The molecule has 0 aromatic heterocycles. The van der Waals surface area contributed by atoms with E-state index >= 15 is 0 Å². The minimum atomic E-state index is -0.0396. The summed E-state index contributed by atoms with van der Waals surface area (Å²) in [7, 11) is 0. The first-order chi connectivity index (χ1) is 11.7. The van der Waals surface area contributed by atoms with Crippen LogP contribution in [0.3, 0.4) is 0 Å². The van der Waals surface area contributed by atoms with Gasteiger partial charge in [-0.1, -0.05) is 64.4 Å². The Bertz CT molecular complexity index is 360. The van der Waals surface area contributed by atoms with Crippen molar-refractivity contribution in [1.29, 1.82) is 0 Å². The number of esters is 1. The molecule has 0 amide bonds. The van der Waals surface area contributed by atoms with E-state index in [1.807, 2.05) is 0 Å². The Morgan fingerprint density at radius 1 is 0.917 bits per heavy atom. The van der Waals surface area contributed by atoms with E-state index in [9.17, 15) is 4.79 Å². The quantitative estimate of drug-likeness (QED) is 0.358. The van der Waals surface area contributed by atoms with Gasteiger partial charge in [0.05, 0.1) is 0 Å². The van der Waals surface area contributed by atoms with Crippen LogP contribution >= 0.6 is 0 Å². The molecule has 0 aliphatic heterocycles. The summed E-state index contributed by atoms with van der Waals surface area (Å²) in [4.78, 5) is 11.7. The van der Waals surface area contributed by atoms with Crippen LogP contribution < -0.4 is 0 Å². The van der Waals surface area contributed by atoms with E-state index < -0.39 is 0 Å². The minimum Gasteiger partial charge on any atom is -0.462 e. The molecule has 0 spiro atoms. The summed E-state index contributed by atoms with van der Waals surface area (Å²) in [5, 5.41) is 0. The van der Waals surface area contributed by atoms with E-state index in [0.717, 1.165) is 37.0 Å². The Morgan fingerprint density at radius 3 is 1.92 bits per heavy atom. The molecule has 0 atom stereocenters. The lowest BCUT2D eigenvalue weighted by Crippen LogP contribution is -2.25. The third-order valence-corrected chi connectivity index (χ3v) is 6.29. The monoisotopic (exact) mass is 334 g/mol. The van der Waals surface area contributed by atoms with Gasteiger partial charge in [0, 0.05) is 6.42 Å². The molecule has 24 heavy (non-hydrogen) atoms. The standard InChI is InChI=1S/C22H38O2/c1-3-5-7-22(23)24-21-16-14-20(15-17-21)13-12-19-10-8-18(6-4-2)9-11-19/h3,18-21H,1,4-17H2,2H3/t18-,19-,20?,21?. The average Bonchev–Trinajstić information content (AvgIpc) is 2.61. The second-order valence-electron chi connectivity index (χ2n) is 8.21. The lowest BCUT2D eigenvalue weighted by Gasteiger charge is -2.31. The topological polar surface area (TPSA) is 26.3 Å². The minimum absolute atomic E-state index is 0.0396. The summed E-state index contributed by atoms with van der Waals surface area (Å²) in [6.07, 6.45) is 19.4. The molecule has 0 aromatic rings. The highest BCUT2D eigenvalue weighted by atomic mass is 16.5. The van der Waals surface area contributed by atoms with Crippen molar-refractivity contribution in [3.8, 4) is 0 Å². The zero-order chi connectivity index (χ0) is 17.2. The number of hydrogen-bond donors (Lipinski definition) is 0. The molecule has 0 aromatic carbocycles. The SMILES string of the molecule is C=CCCC(=O)OC1CCC(CC[C@H]2CC[C@H](CCC)CC2)CC1. The number of rotatable bonds is 9. The van der Waals surface area contributed by atoms with E-state index in [-0.39, 0.29) is 12.1 Å². The van der Waals surface area contributed by atoms with Gasteiger partial charge in [0.2, 0.25) is 0 Å². The predicted molar refractivity (Wildman–Crippen MR) is 101 cm³/mol. The first kappa shape index (κ1) is 19.5. The maximum absolute atomic E-state index is 11.7. The van der Waals surface area contributed by atoms with Crippen LogP contribution in [0.25, 0.3) is 0 Å². The van der Waals surface area contributed by atoms with Crippen molar-refractivity contribution in [1.82, 2.24) is 0 Å². The third-order valence-electron chi connectivity index (χ3n) is 6.29. The number of carbonyl (C=O) groups excluding carboxylic acids is 1. The van der Waals surface area contributed by atoms with Gasteiger partial charge in [-0.25, -0.2) is 0 Å². The van der Waals surface area contributed by atoms with Crippen molar-refractivity contribution in [2.75, 3.05) is 0 Å². The molecule has 0 saturated heterocycles. The molecule has 2 saturated carbocycles. The zero-order valence-electron chi connectivity index (χ0n) is 15.8. The highest BCUT2D eigenvalue weighted by Gasteiger charge is 2.25. The van der Waals surface area contributed by atoms with Crippen LogP contribution in [0.4, 0.5) is 0 Å². The van der Waals surface area contributed by atoms with Gasteiger partial charge < -0.3 is 4.74 Å². The molecule has 0 N–H and O–H groups in total. The van der Waals surface area contributed by atoms with Crippen molar-refractivity contribution in [3.05, 3.63) is 12.7 Å². The molecule has 0 radical (unpaired) electrons. The number of hydrogen-bond acceptors (Lipinski definition) is 2. The van der Waals surface area contributed by atoms with Crippen molar-refractivity contribution in [2.45, 2.75) is 103 Å². The highest BCUT2D eigenvalue weighted by molar-refractivity contribution is 5.69. The van der Waals surface area contributed by atoms with Crippen molar-refractivity contribution in [3.63, 3.8) is 0 Å². The molecule has 0 heterocycles. The molecule has 138 valence electrons. The molecule has 0 bridgehead atoms. The smallest absolute Gasteiger partial charge is 0.306 e. The van der Waals surface area contributed by atoms with E-state index in [2.05, 4.69) is 13.5 Å². The fourth-order valence-electron chi connectivity index (χ4n) is 4.69. The molecular formula is C22H38O2. The van der Waals surface area contributed by atoms with E-state index in [1.165, 1.54) is 64.2 Å². The summed E-state index contributed by atoms with van der Waals surface area (Å²) in [6.45, 7) is 5.97. The summed E-state index contributed by atoms with van der Waals surface area (Å²) in [5.41, 5.74) is 0. The van der Waals surface area contributed by atoms with Crippen LogP contribution in [-0.2, 0) is 9.53 Å². The van der Waals surface area contributed by atoms with Gasteiger partial charge in [0.1, 0.15) is 6.10 Å². The molecule has 2 nitrogen and oxygen atoms in total. The Labute approximate surface area is 149 Å². The molecule has 0 unspecified atom stereocenters. The Balaban J connectivity index is 1.55. The van der Waals surface area contributed by atoms with Gasteiger partial charge in [-0.3, -0.25) is 4.79 Å². The summed E-state index contributed by atoms with van der Waals surface area (Å²) in [6, 6.07) is 0. The second-order valence-corrected chi connectivity index (χ2v) is 8.21. The largest absolute Gasteiger partial charge is 0.462 e. The first-order valence-corrected chi connectivity index (χ1v) is 10.5. The van der Waals surface area contributed by atoms with Crippen molar-refractivity contribution >= 4 is 5.97 Å². The molecule has 2 rings (SSSR count). The Kier molecular flexibility index (Phi) is 8.91. The number of carbonyl (C=O) groups is 1. The lowest BCUT2D eigenvalue weighted by atomic mass is 9.76. The number of allylic oxidation sites excluding steroid dienone is 1. The third kappa shape index (κ3) is 6.99. The summed E-state index contributed by atoms with van der Waals surface area (Å²) >= 11 is 0. The van der Waals surface area contributed by atoms with Crippen molar-refractivity contribution in [2.24, 2.45) is 17.8 Å². The van der Waals surface area contributed by atoms with Crippen molar-refractivity contribution < 1.29 is 9.53 Å². The van der Waals surface area contributed by atoms with Crippen LogP contribution in [0, 0.1) is 17.8 Å². The van der Waals surface area contributed by atoms with Gasteiger partial charge in [-0.2, -0.15) is 0 Å². The van der Waals surface area contributed by atoms with Gasteiger partial charge in [0.15, 0.2) is 0 Å². The second kappa shape index (κ2) is 10.9. The van der Waals surface area contributed by atoms with Crippen LogP contribution in [0.1, 0.15) is 96.8 Å². The lowest BCUT2D eigenvalue weighted by molar-refractivity contribution is -0.150. The summed E-state index contributed by atoms with van der Waals surface area (Å²) < 4.78 is 5.58. The number of ether oxygens (including phenoxy) is 1. The molecule has 2 aliphatic carbocycles. The van der Waals surface area contributed by atoms with Gasteiger partial charge >= 0.3 is 5.97 Å². The maximum Gasteiger partial charge on any atom is 0.306 e. The fourth-order valence-corrected chi connectivity index (χ4v) is 4.69. The molecular weight excluding hydrogens is 296 g/mol. The Morgan fingerprint density at radius 2 is 1.42 bits per heavy atom. The molecule has 2 fully saturated rings. The fraction of sp³-hybridized carbons (Fsp3) is 0.864. The average molecular weight is 335 g/mol. The highest BCUT2D eigenvalue weighted by Crippen LogP contribution is 2.37. The molecule has 2 heteroatoms. The van der Waals surface area contributed by atoms with Gasteiger partial charge in [-0.05, 0) is 49.9 Å². The summed E-state index contributed by atoms with van der Waals surface area (Å²) in [5.74, 6) is 2.86.